The summed E-state index contributed by atoms with van der Waals surface area (Å²) in [4.78, 5) is 0. The van der Waals surface area contributed by atoms with Crippen LogP contribution in [0.1, 0.15) is 0 Å². The molecule has 0 radical (unpaired) electrons. The topological polar surface area (TPSA) is 188 Å². The minimum absolute atomic E-state index is 0.685. The fourth-order valence-electron chi connectivity index (χ4n) is 3.09. The average molecular weight is 386 g/mol. The number of rotatable bonds is 6. The smallest absolute Gasteiger partial charge is 0.311 e. The zero-order chi connectivity index (χ0) is 19.6. The highest BCUT2D eigenvalue weighted by Crippen LogP contribution is 2.34. The Bertz CT molecular complexity index is 448. The summed E-state index contributed by atoms with van der Waals surface area (Å²) < 4.78 is 25.3. The molecule has 2 heterocycles. The second-order valence-electron chi connectivity index (χ2n) is 6.13. The molecule has 0 aromatic rings. The van der Waals surface area contributed by atoms with Crippen molar-refractivity contribution in [1.82, 2.24) is 0 Å². The van der Waals surface area contributed by atoms with Crippen molar-refractivity contribution in [1.29, 1.82) is 0 Å². The van der Waals surface area contributed by atoms with Crippen molar-refractivity contribution in [2.75, 3.05) is 27.4 Å². The van der Waals surface area contributed by atoms with Crippen molar-refractivity contribution in [3.8, 4) is 0 Å². The minimum atomic E-state index is -2.89. The van der Waals surface area contributed by atoms with Crippen molar-refractivity contribution in [2.24, 2.45) is 0 Å². The fraction of sp³-hybridized carbons (Fsp3) is 1.00. The summed E-state index contributed by atoms with van der Waals surface area (Å²) in [5.41, 5.74) is 0. The third kappa shape index (κ3) is 3.87. The normalized spacial score (nSPS) is 50.0. The van der Waals surface area contributed by atoms with Crippen LogP contribution < -0.4 is 0 Å². The molecule has 12 nitrogen and oxygen atoms in total. The first-order chi connectivity index (χ1) is 12.2. The van der Waals surface area contributed by atoms with Crippen LogP contribution in [0, 0.1) is 0 Å². The summed E-state index contributed by atoms with van der Waals surface area (Å²) in [6.45, 7) is -1.37. The van der Waals surface area contributed by atoms with Crippen LogP contribution in [0.4, 0.5) is 0 Å². The van der Waals surface area contributed by atoms with Gasteiger partial charge in [0.05, 0.1) is 13.2 Å². The SMILES string of the molecule is CO[C@H]1O[C@@H](CO)[C@@H](O[C@]2(O)OC(CO)[C@H](OC)[C@@H](O)C2O)C(O)C1O. The van der Waals surface area contributed by atoms with Crippen molar-refractivity contribution in [3.05, 3.63) is 0 Å². The molecular formula is C14H26O12. The Morgan fingerprint density at radius 3 is 1.96 bits per heavy atom. The zero-order valence-corrected chi connectivity index (χ0v) is 14.3. The third-order valence-corrected chi connectivity index (χ3v) is 4.53. The maximum atomic E-state index is 10.5. The molecule has 0 amide bonds. The van der Waals surface area contributed by atoms with Crippen LogP contribution in [0.2, 0.25) is 0 Å². The Morgan fingerprint density at radius 1 is 0.846 bits per heavy atom. The number of ether oxygens (including phenoxy) is 5. The molecule has 2 aliphatic rings. The van der Waals surface area contributed by atoms with Crippen molar-refractivity contribution in [2.45, 2.75) is 61.1 Å². The lowest BCUT2D eigenvalue weighted by molar-refractivity contribution is -0.474. The number of hydrogen-bond donors (Lipinski definition) is 7. The molecule has 12 heteroatoms. The second-order valence-corrected chi connectivity index (χ2v) is 6.13. The maximum absolute atomic E-state index is 10.5. The Hall–Kier alpha value is -0.480. The van der Waals surface area contributed by atoms with Gasteiger partial charge < -0.3 is 59.4 Å². The predicted molar refractivity (Wildman–Crippen MR) is 79.4 cm³/mol. The molecule has 2 fully saturated rings. The van der Waals surface area contributed by atoms with Gasteiger partial charge in [-0.1, -0.05) is 0 Å². The largest absolute Gasteiger partial charge is 0.394 e. The number of hydrogen-bond acceptors (Lipinski definition) is 12. The quantitative estimate of drug-likeness (QED) is 0.216. The van der Waals surface area contributed by atoms with E-state index in [0.717, 1.165) is 0 Å². The molecule has 0 bridgehead atoms. The van der Waals surface area contributed by atoms with E-state index < -0.39 is 74.3 Å². The summed E-state index contributed by atoms with van der Waals surface area (Å²) in [6, 6.07) is 0. The number of aliphatic hydroxyl groups excluding tert-OH is 6. The maximum Gasteiger partial charge on any atom is 0.311 e. The lowest BCUT2D eigenvalue weighted by atomic mass is 9.95. The second kappa shape index (κ2) is 8.68. The standard InChI is InChI=1S/C14H26O12/c1-22-10-6(4-16)25-14(21,12(20)9(10)19)26-11-5(3-15)24-13(23-2)8(18)7(11)17/h5-13,15-21H,3-4H2,1-2H3/t5-,6?,7?,8?,9+,10-,11+,12?,13-,14+/m0/s1. The molecule has 0 aromatic heterocycles. The monoisotopic (exact) mass is 386 g/mol. The van der Waals surface area contributed by atoms with Crippen molar-refractivity contribution < 1.29 is 59.4 Å². The highest BCUT2D eigenvalue weighted by atomic mass is 16.8. The van der Waals surface area contributed by atoms with Gasteiger partial charge in [-0.25, -0.2) is 0 Å². The molecule has 7 N–H and O–H groups in total. The minimum Gasteiger partial charge on any atom is -0.394 e. The third-order valence-electron chi connectivity index (χ3n) is 4.53. The first-order valence-electron chi connectivity index (χ1n) is 7.97. The molecule has 4 unspecified atom stereocenters. The van der Waals surface area contributed by atoms with Gasteiger partial charge in [-0.05, 0) is 0 Å². The number of aliphatic hydroxyl groups is 7. The first kappa shape index (κ1) is 21.8. The van der Waals surface area contributed by atoms with E-state index in [4.69, 9.17) is 23.7 Å². The Labute approximate surface area is 149 Å². The summed E-state index contributed by atoms with van der Waals surface area (Å²) >= 11 is 0. The van der Waals surface area contributed by atoms with E-state index in [1.165, 1.54) is 14.2 Å². The van der Waals surface area contributed by atoms with Gasteiger partial charge in [0.2, 0.25) is 0 Å². The molecule has 2 saturated heterocycles. The Balaban J connectivity index is 2.23. The van der Waals surface area contributed by atoms with Crippen LogP contribution in [-0.4, -0.2) is 124 Å². The summed E-state index contributed by atoms with van der Waals surface area (Å²) in [5, 5.41) is 69.8. The summed E-state index contributed by atoms with van der Waals surface area (Å²) in [5.74, 6) is -2.89. The van der Waals surface area contributed by atoms with Gasteiger partial charge in [0.25, 0.3) is 0 Å². The Morgan fingerprint density at radius 2 is 1.46 bits per heavy atom. The molecule has 0 aliphatic carbocycles. The van der Waals surface area contributed by atoms with Gasteiger partial charge in [0, 0.05) is 14.2 Å². The zero-order valence-electron chi connectivity index (χ0n) is 14.3. The lowest BCUT2D eigenvalue weighted by Crippen LogP contribution is -2.70. The van der Waals surface area contributed by atoms with E-state index in [1.807, 2.05) is 0 Å². The van der Waals surface area contributed by atoms with Gasteiger partial charge in [-0.2, -0.15) is 0 Å². The molecule has 26 heavy (non-hydrogen) atoms. The fourth-order valence-corrected chi connectivity index (χ4v) is 3.09. The Kier molecular flexibility index (Phi) is 7.29. The van der Waals surface area contributed by atoms with Crippen molar-refractivity contribution in [3.63, 3.8) is 0 Å². The van der Waals surface area contributed by atoms with E-state index in [9.17, 15) is 35.7 Å². The van der Waals surface area contributed by atoms with Gasteiger partial charge >= 0.3 is 5.97 Å². The molecule has 154 valence electrons. The molecule has 2 rings (SSSR count). The van der Waals surface area contributed by atoms with Gasteiger partial charge in [0.1, 0.15) is 42.7 Å². The lowest BCUT2D eigenvalue weighted by Gasteiger charge is -2.49. The number of methoxy groups -OCH3 is 2. The molecule has 0 spiro atoms. The highest BCUT2D eigenvalue weighted by molar-refractivity contribution is 4.96. The summed E-state index contributed by atoms with van der Waals surface area (Å²) in [7, 11) is 2.42. The molecule has 2 aliphatic heterocycles. The van der Waals surface area contributed by atoms with Gasteiger partial charge in [0.15, 0.2) is 12.4 Å². The van der Waals surface area contributed by atoms with Crippen LogP contribution in [0.25, 0.3) is 0 Å². The van der Waals surface area contributed by atoms with E-state index in [0.29, 0.717) is 0 Å². The molecular weight excluding hydrogens is 360 g/mol. The van der Waals surface area contributed by atoms with Crippen LogP contribution in [-0.2, 0) is 23.7 Å². The van der Waals surface area contributed by atoms with Crippen LogP contribution in [0.3, 0.4) is 0 Å². The van der Waals surface area contributed by atoms with Gasteiger partial charge in [-0.15, -0.1) is 0 Å². The predicted octanol–water partition coefficient (Wildman–Crippen LogP) is -4.77. The van der Waals surface area contributed by atoms with Crippen LogP contribution in [0.5, 0.6) is 0 Å². The van der Waals surface area contributed by atoms with E-state index in [2.05, 4.69) is 0 Å². The van der Waals surface area contributed by atoms with E-state index >= 15 is 0 Å². The first-order valence-corrected chi connectivity index (χ1v) is 7.97. The van der Waals surface area contributed by atoms with Gasteiger partial charge in [-0.3, -0.25) is 0 Å². The molecule has 10 atom stereocenters. The van der Waals surface area contributed by atoms with E-state index in [1.54, 1.807) is 0 Å². The van der Waals surface area contributed by atoms with E-state index in [-0.39, 0.29) is 0 Å². The van der Waals surface area contributed by atoms with Crippen molar-refractivity contribution >= 4 is 0 Å². The van der Waals surface area contributed by atoms with Crippen LogP contribution in [0.15, 0.2) is 0 Å². The molecule has 0 aromatic carbocycles. The molecule has 0 saturated carbocycles. The summed E-state index contributed by atoms with van der Waals surface area (Å²) in [6.07, 6.45) is -13.6. The average Bonchev–Trinajstić information content (AvgIpc) is 2.63. The highest BCUT2D eigenvalue weighted by Gasteiger charge is 2.58. The van der Waals surface area contributed by atoms with Crippen LogP contribution >= 0.6 is 0 Å².